The quantitative estimate of drug-likeness (QED) is 0.0730. The van der Waals surface area contributed by atoms with Gasteiger partial charge < -0.3 is 20.6 Å². The summed E-state index contributed by atoms with van der Waals surface area (Å²) < 4.78 is 5.10. The van der Waals surface area contributed by atoms with Crippen LogP contribution < -0.4 is 11.1 Å². The van der Waals surface area contributed by atoms with Gasteiger partial charge in [0.1, 0.15) is 11.9 Å². The Kier molecular flexibility index (Phi) is 33.2. The highest BCUT2D eigenvalue weighted by Crippen LogP contribution is 2.45. The number of allylic oxidation sites excluding steroid dienone is 1. The van der Waals surface area contributed by atoms with E-state index in [1.54, 1.807) is 27.0 Å². The second-order valence-electron chi connectivity index (χ2n) is 17.7. The molecule has 0 aliphatic carbocycles. The number of carbonyl (C=O) groups is 3. The third-order valence-corrected chi connectivity index (χ3v) is 7.77. The first-order chi connectivity index (χ1) is 21.3. The Bertz CT molecular complexity index is 876. The fraction of sp³-hybridized carbons (Fsp3) is 0.829. The van der Waals surface area contributed by atoms with Gasteiger partial charge in [0.05, 0.1) is 0 Å². The van der Waals surface area contributed by atoms with Gasteiger partial charge in [-0.3, -0.25) is 4.79 Å². The first-order valence-electron chi connectivity index (χ1n) is 17.6. The maximum absolute atomic E-state index is 11.8. The molecule has 0 aromatic heterocycles. The molecule has 0 aromatic carbocycles. The Morgan fingerprint density at radius 2 is 1.17 bits per heavy atom. The van der Waals surface area contributed by atoms with Crippen LogP contribution in [0.4, 0.5) is 0 Å². The predicted octanol–water partition coefficient (Wildman–Crippen LogP) is 11.3. The fourth-order valence-electron chi connectivity index (χ4n) is 3.19. The molecule has 7 heteroatoms. The van der Waals surface area contributed by atoms with Crippen LogP contribution in [0.1, 0.15) is 165 Å². The van der Waals surface area contributed by atoms with Crippen LogP contribution in [0.5, 0.6) is 0 Å². The van der Waals surface area contributed by atoms with Gasteiger partial charge in [-0.25, -0.2) is 4.79 Å². The largest absolute Gasteiger partial charge is 0.457 e. The van der Waals surface area contributed by atoms with Crippen molar-refractivity contribution in [1.82, 2.24) is 5.32 Å². The van der Waals surface area contributed by atoms with Gasteiger partial charge in [0.2, 0.25) is 5.91 Å². The van der Waals surface area contributed by atoms with E-state index in [1.807, 2.05) is 27.7 Å². The molecular weight excluding hydrogens is 617 g/mol. The third kappa shape index (κ3) is 37.2. The number of amides is 1. The van der Waals surface area contributed by atoms with Crippen molar-refractivity contribution in [2.24, 2.45) is 39.2 Å². The highest BCUT2D eigenvalue weighted by molar-refractivity contribution is 7.79. The molecule has 0 fully saturated rings. The zero-order chi connectivity index (χ0) is 40.5. The normalized spacial score (nSPS) is 12.5. The van der Waals surface area contributed by atoms with Crippen molar-refractivity contribution in [3.05, 3.63) is 24.3 Å². The molecular formula is C41H86N2O4S. The van der Waals surface area contributed by atoms with Crippen LogP contribution in [0.3, 0.4) is 0 Å². The zero-order valence-corrected chi connectivity index (χ0v) is 37.3. The number of nitrogens with one attached hydrogen (secondary N) is 1. The van der Waals surface area contributed by atoms with E-state index in [0.29, 0.717) is 11.3 Å². The summed E-state index contributed by atoms with van der Waals surface area (Å²) in [5.74, 6) is -0.0285. The van der Waals surface area contributed by atoms with Gasteiger partial charge >= 0.3 is 5.97 Å². The number of thiol groups is 1. The zero-order valence-electron chi connectivity index (χ0n) is 36.4. The van der Waals surface area contributed by atoms with E-state index in [2.05, 4.69) is 127 Å². The van der Waals surface area contributed by atoms with Crippen LogP contribution in [-0.2, 0) is 19.1 Å². The molecule has 0 rings (SSSR count). The van der Waals surface area contributed by atoms with E-state index in [-0.39, 0.29) is 33.6 Å². The molecule has 48 heavy (non-hydrogen) atoms. The molecule has 0 aliphatic heterocycles. The van der Waals surface area contributed by atoms with Gasteiger partial charge in [-0.15, -0.1) is 0 Å². The van der Waals surface area contributed by atoms with E-state index < -0.39 is 11.6 Å². The number of rotatable bonds is 9. The van der Waals surface area contributed by atoms with Gasteiger partial charge in [-0.2, -0.15) is 12.6 Å². The number of ether oxygens (including phenoxy) is 1. The molecule has 0 spiro atoms. The summed E-state index contributed by atoms with van der Waals surface area (Å²) >= 11 is 3.53. The van der Waals surface area contributed by atoms with Crippen molar-refractivity contribution >= 4 is 30.8 Å². The van der Waals surface area contributed by atoms with Crippen molar-refractivity contribution in [3.63, 3.8) is 0 Å². The van der Waals surface area contributed by atoms with Gasteiger partial charge in [0.25, 0.3) is 0 Å². The molecule has 290 valence electrons. The lowest BCUT2D eigenvalue weighted by Crippen LogP contribution is -2.43. The lowest BCUT2D eigenvalue weighted by Gasteiger charge is -2.43. The number of hydrogen-bond donors (Lipinski definition) is 3. The summed E-state index contributed by atoms with van der Waals surface area (Å²) in [5, 5.41) is 2.91. The molecule has 1 amide bonds. The second-order valence-corrected chi connectivity index (χ2v) is 17.7. The van der Waals surface area contributed by atoms with Crippen LogP contribution in [0, 0.1) is 33.5 Å². The molecule has 0 saturated heterocycles. The predicted molar refractivity (Wildman–Crippen MR) is 219 cm³/mol. The van der Waals surface area contributed by atoms with Crippen molar-refractivity contribution in [1.29, 1.82) is 0 Å². The van der Waals surface area contributed by atoms with E-state index >= 15 is 0 Å². The first-order valence-corrected chi connectivity index (χ1v) is 18.5. The molecule has 0 saturated carbocycles. The third-order valence-electron chi connectivity index (χ3n) is 7.77. The summed E-state index contributed by atoms with van der Waals surface area (Å²) in [6.45, 7) is 47.6. The van der Waals surface area contributed by atoms with E-state index in [1.165, 1.54) is 24.8 Å². The molecule has 3 N–H and O–H groups in total. The Morgan fingerprint density at radius 3 is 1.42 bits per heavy atom. The van der Waals surface area contributed by atoms with Crippen LogP contribution in [0.15, 0.2) is 24.3 Å². The molecule has 1 unspecified atom stereocenters. The number of esters is 1. The maximum atomic E-state index is 11.8. The first kappa shape index (κ1) is 58.6. The smallest absolute Gasteiger partial charge is 0.331 e. The average Bonchev–Trinajstić information content (AvgIpc) is 2.91. The van der Waals surface area contributed by atoms with E-state index in [9.17, 15) is 14.4 Å². The summed E-state index contributed by atoms with van der Waals surface area (Å²) in [6.07, 6.45) is 8.12. The van der Waals surface area contributed by atoms with Gasteiger partial charge in [-0.05, 0) is 102 Å². The molecule has 1 atom stereocenters. The maximum Gasteiger partial charge on any atom is 0.331 e. The Labute approximate surface area is 307 Å². The van der Waals surface area contributed by atoms with E-state index in [4.69, 9.17) is 4.74 Å². The van der Waals surface area contributed by atoms with Crippen molar-refractivity contribution < 1.29 is 19.1 Å². The average molecular weight is 703 g/mol. The van der Waals surface area contributed by atoms with Crippen LogP contribution in [-0.4, -0.2) is 42.6 Å². The number of nitrogens with two attached hydrogens (primary N) is 1. The summed E-state index contributed by atoms with van der Waals surface area (Å²) in [6, 6.07) is 0. The van der Waals surface area contributed by atoms with Crippen LogP contribution >= 0.6 is 12.6 Å². The van der Waals surface area contributed by atoms with Gasteiger partial charge in [0.15, 0.2) is 0 Å². The lowest BCUT2D eigenvalue weighted by molar-refractivity contribution is -0.148. The topological polar surface area (TPSA) is 98.5 Å². The molecule has 0 heterocycles. The summed E-state index contributed by atoms with van der Waals surface area (Å²) in [4.78, 5) is 34.5. The molecule has 0 radical (unpaired) electrons. The minimum Gasteiger partial charge on any atom is -0.457 e. The Hall–Kier alpha value is -1.60. The standard InChI is InChI=1S/C17H31NO3.C13H26O.C7H14.C2H6.CH5N.CH4S/c1-15(2,3)11-12-17(7,8)18-13(19)9-10-14(20)21-16(4,5)6;1-10(2)8-11(9-14)13(6,7)12(3,4)5;1-6(2)7(3,4)5;3*1-2/h9-10H,11-12H2,1-8H3,(H,18,19);9-11H,8H2,1-7H3;1H2,2-5H3;1-2H3;2H2,1H3;2H,1H3/b10-9-;;;;;. The highest BCUT2D eigenvalue weighted by Gasteiger charge is 2.39. The molecule has 6 nitrogen and oxygen atoms in total. The van der Waals surface area contributed by atoms with Gasteiger partial charge in [-0.1, -0.05) is 116 Å². The number of carbonyl (C=O) groups excluding carboxylic acids is 3. The highest BCUT2D eigenvalue weighted by atomic mass is 32.1. The number of aldehydes is 1. The van der Waals surface area contributed by atoms with Crippen molar-refractivity contribution in [2.75, 3.05) is 13.3 Å². The number of hydrogen-bond acceptors (Lipinski definition) is 6. The molecule has 0 aliphatic rings. The lowest BCUT2D eigenvalue weighted by atomic mass is 9.61. The van der Waals surface area contributed by atoms with Crippen LogP contribution in [0.2, 0.25) is 0 Å². The monoisotopic (exact) mass is 703 g/mol. The summed E-state index contributed by atoms with van der Waals surface area (Å²) in [5.41, 5.74) is 5.67. The fourth-order valence-corrected chi connectivity index (χ4v) is 3.19. The Morgan fingerprint density at radius 1 is 0.792 bits per heavy atom. The molecule has 0 bridgehead atoms. The minimum absolute atomic E-state index is 0.0685. The van der Waals surface area contributed by atoms with Crippen LogP contribution in [0.25, 0.3) is 0 Å². The summed E-state index contributed by atoms with van der Waals surface area (Å²) in [7, 11) is 1.50. The van der Waals surface area contributed by atoms with Crippen molar-refractivity contribution in [3.8, 4) is 0 Å². The van der Waals surface area contributed by atoms with E-state index in [0.717, 1.165) is 25.5 Å². The van der Waals surface area contributed by atoms with Gasteiger partial charge in [0, 0.05) is 23.6 Å². The molecule has 0 aromatic rings. The van der Waals surface area contributed by atoms with Crippen molar-refractivity contribution in [2.45, 2.75) is 176 Å². The SMILES string of the molecule is C=C(C)C(C)(C)C.CC.CC(C)(C)CCC(C)(C)NC(=O)/C=C\C(=O)OC(C)(C)C.CC(C)CC(C=O)C(C)(C)C(C)(C)C.CN.CS. The minimum atomic E-state index is -0.552. The Balaban J connectivity index is -0.000000140. The second kappa shape index (κ2) is 27.2.